The van der Waals surface area contributed by atoms with Crippen LogP contribution in [0.2, 0.25) is 0 Å². The molecule has 0 rings (SSSR count). The van der Waals surface area contributed by atoms with Crippen molar-refractivity contribution in [2.24, 2.45) is 5.92 Å². The second-order valence-electron chi connectivity index (χ2n) is 2.94. The minimum atomic E-state index is -0.636. The molecule has 1 atom stereocenters. The second kappa shape index (κ2) is 9.36. The van der Waals surface area contributed by atoms with Gasteiger partial charge in [-0.15, -0.1) is 0 Å². The zero-order valence-electron chi connectivity index (χ0n) is 7.97. The average Bonchev–Trinajstić information content (AvgIpc) is 1.97. The van der Waals surface area contributed by atoms with Crippen molar-refractivity contribution < 1.29 is 9.90 Å². The molecule has 12 heavy (non-hydrogen) atoms. The monoisotopic (exact) mass is 278 g/mol. The van der Waals surface area contributed by atoms with Crippen LogP contribution < -0.4 is 0 Å². The van der Waals surface area contributed by atoms with E-state index in [0.29, 0.717) is 0 Å². The summed E-state index contributed by atoms with van der Waals surface area (Å²) in [6, 6.07) is 0. The largest absolute Gasteiger partial charge is 0.481 e. The molecule has 0 aromatic rings. The van der Waals surface area contributed by atoms with Gasteiger partial charge in [-0.3, -0.25) is 4.79 Å². The fourth-order valence-electron chi connectivity index (χ4n) is 1.14. The summed E-state index contributed by atoms with van der Waals surface area (Å²) in [5, 5.41) is 8.67. The van der Waals surface area contributed by atoms with E-state index in [0.717, 1.165) is 32.1 Å². The van der Waals surface area contributed by atoms with Gasteiger partial charge in [0.25, 0.3) is 0 Å². The van der Waals surface area contributed by atoms with Crippen LogP contribution in [0.25, 0.3) is 0 Å². The normalized spacial score (nSPS) is 11.8. The Labute approximate surface area is 91.7 Å². The van der Waals surface area contributed by atoms with Crippen LogP contribution in [0.3, 0.4) is 0 Å². The molecule has 4 radical (unpaired) electrons. The van der Waals surface area contributed by atoms with E-state index in [1.54, 1.807) is 0 Å². The van der Waals surface area contributed by atoms with Crippen LogP contribution in [0.15, 0.2) is 0 Å². The minimum Gasteiger partial charge on any atom is -0.481 e. The summed E-state index contributed by atoms with van der Waals surface area (Å²) in [6.45, 7) is 4.06. The average molecular weight is 277 g/mol. The first-order chi connectivity index (χ1) is 5.22. The molecular formula is C9H18O2Sn. The first-order valence-electron chi connectivity index (χ1n) is 4.45. The van der Waals surface area contributed by atoms with Crippen molar-refractivity contribution in [2.45, 2.75) is 46.0 Å². The summed E-state index contributed by atoms with van der Waals surface area (Å²) < 4.78 is 0. The van der Waals surface area contributed by atoms with E-state index in [1.165, 1.54) is 0 Å². The molecule has 0 aliphatic heterocycles. The Kier molecular flexibility index (Phi) is 11.5. The molecule has 0 saturated heterocycles. The molecule has 1 N–H and O–H groups in total. The smallest absolute Gasteiger partial charge is 0.306 e. The summed E-state index contributed by atoms with van der Waals surface area (Å²) in [4.78, 5) is 10.5. The van der Waals surface area contributed by atoms with Crippen LogP contribution in [0.4, 0.5) is 0 Å². The van der Waals surface area contributed by atoms with Gasteiger partial charge in [0.05, 0.1) is 5.92 Å². The van der Waals surface area contributed by atoms with Crippen LogP contribution in [0.5, 0.6) is 0 Å². The number of rotatable bonds is 6. The Balaban J connectivity index is 0. The van der Waals surface area contributed by atoms with E-state index in [4.69, 9.17) is 5.11 Å². The quantitative estimate of drug-likeness (QED) is 0.597. The van der Waals surface area contributed by atoms with Gasteiger partial charge >= 0.3 is 5.97 Å². The molecule has 0 aliphatic carbocycles. The van der Waals surface area contributed by atoms with Gasteiger partial charge in [0.2, 0.25) is 0 Å². The molecule has 0 spiro atoms. The fraction of sp³-hybridized carbons (Fsp3) is 0.889. The SMILES string of the molecule is CCCCCC(CC)C(=O)O.[Sn]. The van der Waals surface area contributed by atoms with Gasteiger partial charge in [-0.1, -0.05) is 33.1 Å². The number of carboxylic acids is 1. The van der Waals surface area contributed by atoms with Crippen molar-refractivity contribution in [1.29, 1.82) is 0 Å². The fourth-order valence-corrected chi connectivity index (χ4v) is 1.14. The van der Waals surface area contributed by atoms with Crippen LogP contribution in [0.1, 0.15) is 46.0 Å². The summed E-state index contributed by atoms with van der Waals surface area (Å²) in [5.74, 6) is -0.745. The predicted octanol–water partition coefficient (Wildman–Crippen LogP) is 2.30. The molecule has 0 fully saturated rings. The van der Waals surface area contributed by atoms with Crippen molar-refractivity contribution in [3.05, 3.63) is 0 Å². The number of aliphatic carboxylic acids is 1. The van der Waals surface area contributed by atoms with Crippen LogP contribution in [-0.2, 0) is 4.79 Å². The topological polar surface area (TPSA) is 37.3 Å². The number of unbranched alkanes of at least 4 members (excludes halogenated alkanes) is 2. The molecule has 0 heterocycles. The summed E-state index contributed by atoms with van der Waals surface area (Å²) >= 11 is 0. The standard InChI is InChI=1S/C9H18O2.Sn/c1-3-5-6-7-8(4-2)9(10)11;/h8H,3-7H2,1-2H3,(H,10,11);. The maximum absolute atomic E-state index is 10.5. The Morgan fingerprint density at radius 3 is 2.25 bits per heavy atom. The van der Waals surface area contributed by atoms with Gasteiger partial charge < -0.3 is 5.11 Å². The van der Waals surface area contributed by atoms with E-state index in [-0.39, 0.29) is 29.8 Å². The van der Waals surface area contributed by atoms with E-state index in [9.17, 15) is 4.79 Å². The van der Waals surface area contributed by atoms with Crippen LogP contribution >= 0.6 is 0 Å². The third-order valence-electron chi connectivity index (χ3n) is 2.00. The van der Waals surface area contributed by atoms with Crippen molar-refractivity contribution in [1.82, 2.24) is 0 Å². The first kappa shape index (κ1) is 14.8. The Hall–Kier alpha value is 0.269. The molecule has 0 saturated carbocycles. The zero-order valence-corrected chi connectivity index (χ0v) is 10.8. The number of carboxylic acid groups (broad SMARTS) is 1. The number of carbonyl (C=O) groups is 1. The molecule has 70 valence electrons. The van der Waals surface area contributed by atoms with E-state index < -0.39 is 5.97 Å². The van der Waals surface area contributed by atoms with Crippen LogP contribution in [-0.4, -0.2) is 35.0 Å². The maximum Gasteiger partial charge on any atom is 0.306 e. The Morgan fingerprint density at radius 2 is 1.92 bits per heavy atom. The van der Waals surface area contributed by atoms with Gasteiger partial charge in [-0.05, 0) is 12.8 Å². The first-order valence-corrected chi connectivity index (χ1v) is 4.45. The maximum atomic E-state index is 10.5. The molecule has 3 heteroatoms. The molecule has 0 amide bonds. The van der Waals surface area contributed by atoms with Gasteiger partial charge in [-0.25, -0.2) is 0 Å². The molecule has 0 bridgehead atoms. The van der Waals surface area contributed by atoms with Crippen molar-refractivity contribution in [3.63, 3.8) is 0 Å². The van der Waals surface area contributed by atoms with E-state index in [1.807, 2.05) is 6.92 Å². The Morgan fingerprint density at radius 1 is 1.33 bits per heavy atom. The molecular weight excluding hydrogens is 259 g/mol. The Bertz CT molecular complexity index is 115. The number of hydrogen-bond acceptors (Lipinski definition) is 1. The van der Waals surface area contributed by atoms with Gasteiger partial charge in [-0.2, -0.15) is 0 Å². The van der Waals surface area contributed by atoms with Crippen molar-refractivity contribution in [2.75, 3.05) is 0 Å². The molecule has 1 unspecified atom stereocenters. The third-order valence-corrected chi connectivity index (χ3v) is 2.00. The molecule has 0 aliphatic rings. The molecule has 2 nitrogen and oxygen atoms in total. The minimum absolute atomic E-state index is 0. The predicted molar refractivity (Wildman–Crippen MR) is 51.3 cm³/mol. The van der Waals surface area contributed by atoms with Gasteiger partial charge in [0.1, 0.15) is 0 Å². The summed E-state index contributed by atoms with van der Waals surface area (Å²) in [7, 11) is 0. The van der Waals surface area contributed by atoms with Crippen molar-refractivity contribution >= 4 is 29.9 Å². The van der Waals surface area contributed by atoms with Crippen LogP contribution in [0, 0.1) is 5.92 Å². The molecule has 0 aromatic carbocycles. The summed E-state index contributed by atoms with van der Waals surface area (Å²) in [6.07, 6.45) is 4.99. The number of hydrogen-bond donors (Lipinski definition) is 1. The van der Waals surface area contributed by atoms with E-state index in [2.05, 4.69) is 6.92 Å². The van der Waals surface area contributed by atoms with Gasteiger partial charge in [0, 0.05) is 23.9 Å². The molecule has 0 aromatic heterocycles. The third kappa shape index (κ3) is 6.95. The van der Waals surface area contributed by atoms with Crippen molar-refractivity contribution in [3.8, 4) is 0 Å². The van der Waals surface area contributed by atoms with Gasteiger partial charge in [0.15, 0.2) is 0 Å². The summed E-state index contributed by atoms with van der Waals surface area (Å²) in [5.41, 5.74) is 0. The zero-order chi connectivity index (χ0) is 8.69. The second-order valence-corrected chi connectivity index (χ2v) is 2.94. The van der Waals surface area contributed by atoms with E-state index >= 15 is 0 Å².